The third-order valence-electron chi connectivity index (χ3n) is 4.78. The van der Waals surface area contributed by atoms with Crippen LogP contribution >= 0.6 is 24.0 Å². The molecule has 8 heteroatoms. The third-order valence-corrected chi connectivity index (χ3v) is 4.78. The van der Waals surface area contributed by atoms with Crippen LogP contribution in [0.4, 0.5) is 4.39 Å². The fourth-order valence-corrected chi connectivity index (χ4v) is 3.46. The van der Waals surface area contributed by atoms with Crippen molar-refractivity contribution in [3.8, 4) is 5.75 Å². The second kappa shape index (κ2) is 10.6. The number of hydrogen-bond acceptors (Lipinski definition) is 3. The molecule has 3 rings (SSSR count). The number of halogens is 2. The molecule has 2 heterocycles. The van der Waals surface area contributed by atoms with E-state index in [1.807, 2.05) is 31.9 Å². The van der Waals surface area contributed by atoms with Crippen LogP contribution in [0.5, 0.6) is 5.75 Å². The van der Waals surface area contributed by atoms with Crippen LogP contribution in [0.3, 0.4) is 0 Å². The molecule has 2 aromatic rings. The van der Waals surface area contributed by atoms with E-state index in [9.17, 15) is 4.39 Å². The van der Waals surface area contributed by atoms with E-state index in [1.54, 1.807) is 12.1 Å². The molecule has 1 aromatic heterocycles. The third kappa shape index (κ3) is 6.35. The first-order valence-electron chi connectivity index (χ1n) is 9.39. The highest BCUT2D eigenvalue weighted by Gasteiger charge is 2.25. The van der Waals surface area contributed by atoms with Gasteiger partial charge in [0.2, 0.25) is 0 Å². The molecule has 154 valence electrons. The molecular weight excluding hydrogens is 472 g/mol. The van der Waals surface area contributed by atoms with Gasteiger partial charge < -0.3 is 15.0 Å². The van der Waals surface area contributed by atoms with Crippen molar-refractivity contribution in [1.82, 2.24) is 20.0 Å². The van der Waals surface area contributed by atoms with Crippen molar-refractivity contribution in [1.29, 1.82) is 0 Å². The van der Waals surface area contributed by atoms with Gasteiger partial charge in [-0.1, -0.05) is 0 Å². The Morgan fingerprint density at radius 1 is 1.39 bits per heavy atom. The van der Waals surface area contributed by atoms with Crippen LogP contribution in [0, 0.1) is 11.7 Å². The summed E-state index contributed by atoms with van der Waals surface area (Å²) in [7, 11) is 3.76. The first-order chi connectivity index (χ1) is 13.0. The number of nitrogens with zero attached hydrogens (tertiary/aromatic N) is 4. The van der Waals surface area contributed by atoms with Gasteiger partial charge in [0, 0.05) is 33.4 Å². The Morgan fingerprint density at radius 3 is 2.79 bits per heavy atom. The lowest BCUT2D eigenvalue weighted by atomic mass is 10.0. The highest BCUT2D eigenvalue weighted by molar-refractivity contribution is 14.0. The van der Waals surface area contributed by atoms with Crippen molar-refractivity contribution in [2.24, 2.45) is 18.0 Å². The van der Waals surface area contributed by atoms with E-state index in [1.165, 1.54) is 17.7 Å². The molecule has 0 aliphatic carbocycles. The summed E-state index contributed by atoms with van der Waals surface area (Å²) in [5, 5.41) is 7.64. The van der Waals surface area contributed by atoms with Crippen molar-refractivity contribution in [2.75, 3.05) is 26.7 Å². The van der Waals surface area contributed by atoms with Gasteiger partial charge in [-0.25, -0.2) is 4.39 Å². The van der Waals surface area contributed by atoms with Crippen LogP contribution in [0.15, 0.2) is 41.7 Å². The average molecular weight is 501 g/mol. The van der Waals surface area contributed by atoms with E-state index < -0.39 is 0 Å². The highest BCUT2D eigenvalue weighted by Crippen LogP contribution is 2.20. The van der Waals surface area contributed by atoms with E-state index in [0.717, 1.165) is 31.9 Å². The summed E-state index contributed by atoms with van der Waals surface area (Å²) in [5.74, 6) is 1.92. The number of aliphatic imine (C=N–C) groups is 1. The van der Waals surface area contributed by atoms with Gasteiger partial charge in [0.05, 0.1) is 12.7 Å². The molecule has 0 saturated carbocycles. The Hall–Kier alpha value is -1.84. The highest BCUT2D eigenvalue weighted by atomic mass is 127. The van der Waals surface area contributed by atoms with Gasteiger partial charge in [0.15, 0.2) is 5.96 Å². The summed E-state index contributed by atoms with van der Waals surface area (Å²) >= 11 is 0. The van der Waals surface area contributed by atoms with Crippen molar-refractivity contribution in [3.63, 3.8) is 0 Å². The minimum Gasteiger partial charge on any atom is -0.489 e. The molecule has 6 nitrogen and oxygen atoms in total. The van der Waals surface area contributed by atoms with Gasteiger partial charge in [-0.3, -0.25) is 9.67 Å². The Morgan fingerprint density at radius 2 is 2.14 bits per heavy atom. The molecule has 0 bridgehead atoms. The Bertz CT molecular complexity index is 764. The predicted octanol–water partition coefficient (Wildman–Crippen LogP) is 3.08. The van der Waals surface area contributed by atoms with Gasteiger partial charge in [-0.15, -0.1) is 24.0 Å². The Balaban J connectivity index is 0.00000280. The Labute approximate surface area is 183 Å². The zero-order chi connectivity index (χ0) is 19.2. The van der Waals surface area contributed by atoms with Crippen molar-refractivity contribution < 1.29 is 9.13 Å². The molecule has 2 atom stereocenters. The van der Waals surface area contributed by atoms with Crippen LogP contribution in [-0.2, 0) is 13.5 Å². The molecule has 2 unspecified atom stereocenters. The molecule has 0 spiro atoms. The summed E-state index contributed by atoms with van der Waals surface area (Å²) in [6.07, 6.45) is 6.18. The lowest BCUT2D eigenvalue weighted by Crippen LogP contribution is -2.43. The number of likely N-dealkylation sites (tertiary alicyclic amines) is 1. The number of aryl methyl sites for hydroxylation is 1. The van der Waals surface area contributed by atoms with Crippen LogP contribution in [-0.4, -0.2) is 53.4 Å². The molecule has 0 radical (unpaired) electrons. The quantitative estimate of drug-likeness (QED) is 0.376. The second-order valence-corrected chi connectivity index (χ2v) is 7.14. The fourth-order valence-electron chi connectivity index (χ4n) is 3.46. The first kappa shape index (κ1) is 22.4. The van der Waals surface area contributed by atoms with Gasteiger partial charge in [-0.2, -0.15) is 5.10 Å². The van der Waals surface area contributed by atoms with Crippen LogP contribution in [0.25, 0.3) is 0 Å². The Kier molecular flexibility index (Phi) is 8.53. The number of guanidine groups is 1. The van der Waals surface area contributed by atoms with E-state index >= 15 is 0 Å². The maximum atomic E-state index is 13.0. The lowest BCUT2D eigenvalue weighted by molar-refractivity contribution is 0.222. The smallest absolute Gasteiger partial charge is 0.193 e. The number of ether oxygens (including phenoxy) is 1. The minimum atomic E-state index is -0.261. The van der Waals surface area contributed by atoms with Crippen molar-refractivity contribution in [2.45, 2.75) is 25.9 Å². The molecule has 1 aliphatic rings. The minimum absolute atomic E-state index is 0. The second-order valence-electron chi connectivity index (χ2n) is 7.14. The summed E-state index contributed by atoms with van der Waals surface area (Å²) in [6, 6.07) is 6.09. The summed E-state index contributed by atoms with van der Waals surface area (Å²) in [5.41, 5.74) is 1.29. The molecule has 1 fully saturated rings. The number of nitrogens with one attached hydrogen (secondary N) is 1. The standard InChI is InChI=1S/C20H28FN5O.HI/c1-15(27-19-6-4-18(21)5-7-19)11-23-20(22-2)26-9-8-16(14-26)10-17-12-24-25(3)13-17;/h4-7,12-13,15-16H,8-11,14H2,1-3H3,(H,22,23);1H. The summed E-state index contributed by atoms with van der Waals surface area (Å²) in [6.45, 7) is 4.60. The topological polar surface area (TPSA) is 54.7 Å². The van der Waals surface area contributed by atoms with Gasteiger partial charge >= 0.3 is 0 Å². The number of aromatic nitrogens is 2. The number of benzene rings is 1. The lowest BCUT2D eigenvalue weighted by Gasteiger charge is -2.23. The van der Waals surface area contributed by atoms with Gasteiger partial charge in [-0.05, 0) is 55.5 Å². The van der Waals surface area contributed by atoms with Crippen molar-refractivity contribution >= 4 is 29.9 Å². The number of rotatable bonds is 6. The van der Waals surface area contributed by atoms with Gasteiger partial charge in [0.25, 0.3) is 0 Å². The molecule has 28 heavy (non-hydrogen) atoms. The van der Waals surface area contributed by atoms with E-state index in [0.29, 0.717) is 18.2 Å². The van der Waals surface area contributed by atoms with E-state index in [4.69, 9.17) is 4.74 Å². The molecule has 1 aromatic carbocycles. The average Bonchev–Trinajstić information content (AvgIpc) is 3.27. The van der Waals surface area contributed by atoms with E-state index in [2.05, 4.69) is 26.5 Å². The van der Waals surface area contributed by atoms with Crippen LogP contribution in [0.2, 0.25) is 0 Å². The van der Waals surface area contributed by atoms with Crippen molar-refractivity contribution in [3.05, 3.63) is 48.0 Å². The number of hydrogen-bond donors (Lipinski definition) is 1. The molecule has 1 saturated heterocycles. The van der Waals surface area contributed by atoms with Gasteiger partial charge in [0.1, 0.15) is 17.7 Å². The molecule has 1 N–H and O–H groups in total. The monoisotopic (exact) mass is 501 g/mol. The molecule has 0 amide bonds. The largest absolute Gasteiger partial charge is 0.489 e. The van der Waals surface area contributed by atoms with Crippen LogP contribution in [0.1, 0.15) is 18.9 Å². The zero-order valence-electron chi connectivity index (χ0n) is 16.6. The maximum absolute atomic E-state index is 13.0. The SMILES string of the molecule is CN=C(NCC(C)Oc1ccc(F)cc1)N1CCC(Cc2cnn(C)c2)C1.I. The summed E-state index contributed by atoms with van der Waals surface area (Å²) in [4.78, 5) is 6.71. The first-order valence-corrected chi connectivity index (χ1v) is 9.39. The maximum Gasteiger partial charge on any atom is 0.193 e. The predicted molar refractivity (Wildman–Crippen MR) is 120 cm³/mol. The molecule has 1 aliphatic heterocycles. The summed E-state index contributed by atoms with van der Waals surface area (Å²) < 4.78 is 20.6. The molecular formula is C20H29FIN5O. The van der Waals surface area contributed by atoms with Crippen LogP contribution < -0.4 is 10.1 Å². The van der Waals surface area contributed by atoms with E-state index in [-0.39, 0.29) is 35.9 Å². The zero-order valence-corrected chi connectivity index (χ0v) is 19.0. The fraction of sp³-hybridized carbons (Fsp3) is 0.500. The normalized spacial score (nSPS) is 17.9.